The number of aromatic nitrogens is 1. The number of hydrogen-bond donors (Lipinski definition) is 2. The zero-order valence-electron chi connectivity index (χ0n) is 9.05. The summed E-state index contributed by atoms with van der Waals surface area (Å²) in [6, 6.07) is 6.12. The van der Waals surface area contributed by atoms with Gasteiger partial charge < -0.3 is 10.3 Å². The van der Waals surface area contributed by atoms with Gasteiger partial charge in [0.25, 0.3) is 5.91 Å². The first-order valence-electron chi connectivity index (χ1n) is 4.97. The number of nitrogens with one attached hydrogen (secondary N) is 2. The Kier molecular flexibility index (Phi) is 3.28. The van der Waals surface area contributed by atoms with Crippen LogP contribution in [0.15, 0.2) is 34.9 Å². The highest BCUT2D eigenvalue weighted by atomic mass is 79.9. The third-order valence-corrected chi connectivity index (χ3v) is 2.77. The van der Waals surface area contributed by atoms with Gasteiger partial charge in [-0.3, -0.25) is 4.79 Å². The van der Waals surface area contributed by atoms with Crippen LogP contribution in [0.2, 0.25) is 0 Å². The summed E-state index contributed by atoms with van der Waals surface area (Å²) in [6.45, 7) is 1.65. The van der Waals surface area contributed by atoms with E-state index in [-0.39, 0.29) is 11.7 Å². The second kappa shape index (κ2) is 4.71. The first kappa shape index (κ1) is 11.9. The second-order valence-corrected chi connectivity index (χ2v) is 4.57. The van der Waals surface area contributed by atoms with Gasteiger partial charge in [0.15, 0.2) is 0 Å². The first-order chi connectivity index (χ1) is 8.06. The Morgan fingerprint density at radius 3 is 2.76 bits per heavy atom. The average Bonchev–Trinajstić information content (AvgIpc) is 2.70. The Labute approximate surface area is 106 Å². The molecule has 0 aliphatic heterocycles. The summed E-state index contributed by atoms with van der Waals surface area (Å²) in [7, 11) is 0. The van der Waals surface area contributed by atoms with Crippen LogP contribution in [-0.4, -0.2) is 10.9 Å². The van der Waals surface area contributed by atoms with Crippen molar-refractivity contribution in [1.82, 2.24) is 4.98 Å². The second-order valence-electron chi connectivity index (χ2n) is 3.65. The lowest BCUT2D eigenvalue weighted by atomic mass is 10.2. The van der Waals surface area contributed by atoms with Gasteiger partial charge in [0.2, 0.25) is 0 Å². The van der Waals surface area contributed by atoms with Crippen LogP contribution in [0.3, 0.4) is 0 Å². The number of amides is 1. The van der Waals surface area contributed by atoms with Crippen molar-refractivity contribution in [3.63, 3.8) is 0 Å². The third kappa shape index (κ3) is 2.74. The standard InChI is InChI=1S/C12H10BrFN2O/c1-7-4-9(2-3-10(7)14)16-12(17)11-5-8(13)6-15-11/h2-6,15H,1H3,(H,16,17). The molecule has 88 valence electrons. The highest BCUT2D eigenvalue weighted by molar-refractivity contribution is 9.10. The third-order valence-electron chi connectivity index (χ3n) is 2.31. The maximum Gasteiger partial charge on any atom is 0.272 e. The molecule has 2 rings (SSSR count). The molecule has 0 saturated heterocycles. The molecule has 0 spiro atoms. The summed E-state index contributed by atoms with van der Waals surface area (Å²) in [5.74, 6) is -0.549. The minimum Gasteiger partial charge on any atom is -0.356 e. The normalized spacial score (nSPS) is 10.3. The fourth-order valence-corrected chi connectivity index (χ4v) is 1.76. The molecule has 1 aromatic heterocycles. The van der Waals surface area contributed by atoms with Crippen LogP contribution in [0, 0.1) is 12.7 Å². The zero-order chi connectivity index (χ0) is 12.4. The Hall–Kier alpha value is -1.62. The molecule has 17 heavy (non-hydrogen) atoms. The molecule has 0 atom stereocenters. The van der Waals surface area contributed by atoms with Gasteiger partial charge in [-0.2, -0.15) is 0 Å². The number of H-pyrrole nitrogens is 1. The summed E-state index contributed by atoms with van der Waals surface area (Å²) in [4.78, 5) is 14.6. The Balaban J connectivity index is 2.15. The molecule has 2 aromatic rings. The molecule has 0 aliphatic rings. The molecule has 1 aromatic carbocycles. The number of hydrogen-bond acceptors (Lipinski definition) is 1. The predicted octanol–water partition coefficient (Wildman–Crippen LogP) is 3.48. The van der Waals surface area contributed by atoms with Gasteiger partial charge in [-0.15, -0.1) is 0 Å². The lowest BCUT2D eigenvalue weighted by Gasteiger charge is -2.05. The van der Waals surface area contributed by atoms with E-state index >= 15 is 0 Å². The summed E-state index contributed by atoms with van der Waals surface area (Å²) < 4.78 is 13.8. The number of aromatic amines is 1. The highest BCUT2D eigenvalue weighted by Gasteiger charge is 2.08. The van der Waals surface area contributed by atoms with Crippen molar-refractivity contribution in [2.24, 2.45) is 0 Å². The number of benzene rings is 1. The van der Waals surface area contributed by atoms with Gasteiger partial charge >= 0.3 is 0 Å². The fourth-order valence-electron chi connectivity index (χ4n) is 1.42. The summed E-state index contributed by atoms with van der Waals surface area (Å²) in [6.07, 6.45) is 1.67. The molecule has 1 amide bonds. The van der Waals surface area contributed by atoms with Crippen LogP contribution < -0.4 is 5.32 Å². The van der Waals surface area contributed by atoms with Crippen LogP contribution in [0.1, 0.15) is 16.1 Å². The molecule has 0 unspecified atom stereocenters. The summed E-state index contributed by atoms with van der Waals surface area (Å²) >= 11 is 3.25. The van der Waals surface area contributed by atoms with E-state index < -0.39 is 0 Å². The molecule has 0 radical (unpaired) electrons. The van der Waals surface area contributed by atoms with Crippen molar-refractivity contribution in [2.75, 3.05) is 5.32 Å². The van der Waals surface area contributed by atoms with Crippen LogP contribution >= 0.6 is 15.9 Å². The predicted molar refractivity (Wildman–Crippen MR) is 67.6 cm³/mol. The Bertz CT molecular complexity index is 565. The molecular formula is C12H10BrFN2O. The Morgan fingerprint density at radius 1 is 1.41 bits per heavy atom. The van der Waals surface area contributed by atoms with Crippen molar-refractivity contribution in [1.29, 1.82) is 0 Å². The number of anilines is 1. The molecule has 0 saturated carbocycles. The van der Waals surface area contributed by atoms with E-state index in [1.807, 2.05) is 0 Å². The molecule has 5 heteroatoms. The number of aryl methyl sites for hydroxylation is 1. The molecule has 0 aliphatic carbocycles. The fraction of sp³-hybridized carbons (Fsp3) is 0.0833. The number of rotatable bonds is 2. The van der Waals surface area contributed by atoms with E-state index in [1.165, 1.54) is 12.1 Å². The molecule has 1 heterocycles. The smallest absolute Gasteiger partial charge is 0.272 e. The van der Waals surface area contributed by atoms with Gasteiger partial charge in [-0.25, -0.2) is 4.39 Å². The monoisotopic (exact) mass is 296 g/mol. The minimum atomic E-state index is -0.286. The van der Waals surface area contributed by atoms with E-state index in [2.05, 4.69) is 26.2 Å². The summed E-state index contributed by atoms with van der Waals surface area (Å²) in [5.41, 5.74) is 1.51. The van der Waals surface area contributed by atoms with Crippen molar-refractivity contribution < 1.29 is 9.18 Å². The molecular weight excluding hydrogens is 287 g/mol. The van der Waals surface area contributed by atoms with Crippen molar-refractivity contribution in [3.8, 4) is 0 Å². The van der Waals surface area contributed by atoms with Gasteiger partial charge in [-0.1, -0.05) is 0 Å². The van der Waals surface area contributed by atoms with Gasteiger partial charge in [0, 0.05) is 16.4 Å². The van der Waals surface area contributed by atoms with Gasteiger partial charge in [0.05, 0.1) is 0 Å². The van der Waals surface area contributed by atoms with Crippen molar-refractivity contribution >= 4 is 27.5 Å². The molecule has 3 nitrogen and oxygen atoms in total. The maximum atomic E-state index is 13.0. The number of carbonyl (C=O) groups excluding carboxylic acids is 1. The van der Waals surface area contributed by atoms with Crippen molar-refractivity contribution in [3.05, 3.63) is 52.0 Å². The maximum absolute atomic E-state index is 13.0. The lowest BCUT2D eigenvalue weighted by Crippen LogP contribution is -2.12. The molecule has 0 fully saturated rings. The first-order valence-corrected chi connectivity index (χ1v) is 5.77. The largest absolute Gasteiger partial charge is 0.356 e. The number of halogens is 2. The van der Waals surface area contributed by atoms with Crippen LogP contribution in [0.4, 0.5) is 10.1 Å². The van der Waals surface area contributed by atoms with Crippen LogP contribution in [0.25, 0.3) is 0 Å². The topological polar surface area (TPSA) is 44.9 Å². The Morgan fingerprint density at radius 2 is 2.18 bits per heavy atom. The van der Waals surface area contributed by atoms with Gasteiger partial charge in [-0.05, 0) is 52.7 Å². The molecule has 0 bridgehead atoms. The average molecular weight is 297 g/mol. The SMILES string of the molecule is Cc1cc(NC(=O)c2cc(Br)c[nH]2)ccc1F. The summed E-state index contributed by atoms with van der Waals surface area (Å²) in [5, 5.41) is 2.68. The van der Waals surface area contributed by atoms with Crippen molar-refractivity contribution in [2.45, 2.75) is 6.92 Å². The van der Waals surface area contributed by atoms with Gasteiger partial charge in [0.1, 0.15) is 11.5 Å². The number of carbonyl (C=O) groups is 1. The lowest BCUT2D eigenvalue weighted by molar-refractivity contribution is 0.102. The van der Waals surface area contributed by atoms with E-state index in [4.69, 9.17) is 0 Å². The zero-order valence-corrected chi connectivity index (χ0v) is 10.6. The quantitative estimate of drug-likeness (QED) is 0.876. The van der Waals surface area contributed by atoms with E-state index in [0.29, 0.717) is 16.9 Å². The van der Waals surface area contributed by atoms with E-state index in [1.54, 1.807) is 25.3 Å². The molecule has 2 N–H and O–H groups in total. The minimum absolute atomic E-state index is 0.262. The van der Waals surface area contributed by atoms with E-state index in [9.17, 15) is 9.18 Å². The van der Waals surface area contributed by atoms with Crippen LogP contribution in [0.5, 0.6) is 0 Å². The van der Waals surface area contributed by atoms with Crippen LogP contribution in [-0.2, 0) is 0 Å². The van der Waals surface area contributed by atoms with E-state index in [0.717, 1.165) is 4.47 Å². The highest BCUT2D eigenvalue weighted by Crippen LogP contribution is 2.16.